The number of aryl methyl sites for hydroxylation is 1. The third-order valence-electron chi connectivity index (χ3n) is 2.82. The normalized spacial score (nSPS) is 10.3. The van der Waals surface area contributed by atoms with Gasteiger partial charge in [0.05, 0.1) is 0 Å². The molecule has 1 nitrogen and oxygen atoms in total. The molecular formula is C16H18OTe. The zero-order valence-corrected chi connectivity index (χ0v) is 13.2. The van der Waals surface area contributed by atoms with E-state index in [0.29, 0.717) is 0 Å². The number of benzene rings is 2. The molecule has 0 amide bonds. The Morgan fingerprint density at radius 2 is 1.33 bits per heavy atom. The van der Waals surface area contributed by atoms with Crippen LogP contribution in [0, 0.1) is 6.92 Å². The van der Waals surface area contributed by atoms with Gasteiger partial charge in [-0.1, -0.05) is 0 Å². The molecule has 0 atom stereocenters. The van der Waals surface area contributed by atoms with Crippen LogP contribution in [0.15, 0.2) is 48.5 Å². The van der Waals surface area contributed by atoms with Crippen molar-refractivity contribution in [2.75, 3.05) is 7.11 Å². The van der Waals surface area contributed by atoms with Gasteiger partial charge in [-0.3, -0.25) is 0 Å². The average molecular weight is 354 g/mol. The third-order valence-corrected chi connectivity index (χ3v) is 5.89. The molecule has 0 N–H and O–H groups in total. The van der Waals surface area contributed by atoms with E-state index in [4.69, 9.17) is 4.74 Å². The molecule has 0 aromatic heterocycles. The van der Waals surface area contributed by atoms with Crippen molar-refractivity contribution in [2.45, 2.75) is 15.9 Å². The van der Waals surface area contributed by atoms with E-state index in [2.05, 4.69) is 43.3 Å². The molecule has 0 bridgehead atoms. The zero-order chi connectivity index (χ0) is 12.8. The third kappa shape index (κ3) is 4.05. The molecular weight excluding hydrogens is 336 g/mol. The van der Waals surface area contributed by atoms with Crippen LogP contribution in [0.3, 0.4) is 0 Å². The molecule has 0 saturated carbocycles. The molecule has 0 aliphatic carbocycles. The molecule has 0 heterocycles. The fourth-order valence-electron chi connectivity index (χ4n) is 1.69. The Morgan fingerprint density at radius 3 is 1.83 bits per heavy atom. The Morgan fingerprint density at radius 1 is 0.833 bits per heavy atom. The fraction of sp³-hybridized carbons (Fsp3) is 0.250. The Kier molecular flexibility index (Phi) is 5.11. The first-order chi connectivity index (χ1) is 8.78. The number of rotatable bonds is 5. The van der Waals surface area contributed by atoms with Crippen LogP contribution in [0.25, 0.3) is 0 Å². The zero-order valence-electron chi connectivity index (χ0n) is 10.8. The summed E-state index contributed by atoms with van der Waals surface area (Å²) in [4.78, 5) is 0. The van der Waals surface area contributed by atoms with E-state index in [9.17, 15) is 0 Å². The molecule has 2 aromatic carbocycles. The Bertz CT molecular complexity index is 473. The number of ether oxygens (including phenoxy) is 1. The molecule has 94 valence electrons. The van der Waals surface area contributed by atoms with E-state index >= 15 is 0 Å². The summed E-state index contributed by atoms with van der Waals surface area (Å²) >= 11 is 0.0229. The Balaban J connectivity index is 1.82. The van der Waals surface area contributed by atoms with Crippen LogP contribution >= 0.6 is 0 Å². The molecule has 2 rings (SSSR count). The number of hydrogen-bond acceptors (Lipinski definition) is 1. The SMILES string of the molecule is COc1ccc(C[Te]Cc2ccc(C)cc2)cc1. The summed E-state index contributed by atoms with van der Waals surface area (Å²) in [6, 6.07) is 17.4. The van der Waals surface area contributed by atoms with Crippen LogP contribution in [-0.4, -0.2) is 28.0 Å². The first-order valence-electron chi connectivity index (χ1n) is 6.04. The van der Waals surface area contributed by atoms with E-state index in [-0.39, 0.29) is 20.9 Å². The molecule has 18 heavy (non-hydrogen) atoms. The maximum atomic E-state index is 5.16. The van der Waals surface area contributed by atoms with Gasteiger partial charge in [0.2, 0.25) is 0 Å². The van der Waals surface area contributed by atoms with Gasteiger partial charge in [-0.15, -0.1) is 0 Å². The summed E-state index contributed by atoms with van der Waals surface area (Å²) in [5, 5.41) is 0. The Hall–Kier alpha value is -0.970. The van der Waals surface area contributed by atoms with Gasteiger partial charge in [-0.05, 0) is 0 Å². The van der Waals surface area contributed by atoms with Crippen molar-refractivity contribution in [3.8, 4) is 5.75 Å². The van der Waals surface area contributed by atoms with Crippen LogP contribution in [0.4, 0.5) is 0 Å². The number of methoxy groups -OCH3 is 1. The number of hydrogen-bond donors (Lipinski definition) is 0. The van der Waals surface area contributed by atoms with E-state index in [1.165, 1.54) is 25.6 Å². The average Bonchev–Trinajstić information content (AvgIpc) is 2.42. The predicted molar refractivity (Wildman–Crippen MR) is 77.3 cm³/mol. The van der Waals surface area contributed by atoms with Crippen LogP contribution in [0.2, 0.25) is 0 Å². The van der Waals surface area contributed by atoms with Gasteiger partial charge in [0, 0.05) is 0 Å². The summed E-state index contributed by atoms with van der Waals surface area (Å²) in [6.07, 6.45) is 0. The Labute approximate surface area is 119 Å². The van der Waals surface area contributed by atoms with Crippen LogP contribution in [0.1, 0.15) is 16.7 Å². The molecule has 0 aliphatic heterocycles. The molecule has 0 saturated heterocycles. The van der Waals surface area contributed by atoms with Crippen molar-refractivity contribution in [1.82, 2.24) is 0 Å². The predicted octanol–water partition coefficient (Wildman–Crippen LogP) is 3.41. The standard InChI is InChI=1S/C16H18OTe/c1-13-3-5-14(6-4-13)11-18-12-15-7-9-16(17-2)10-8-15/h3-10H,11-12H2,1-2H3. The summed E-state index contributed by atoms with van der Waals surface area (Å²) < 4.78 is 7.69. The quantitative estimate of drug-likeness (QED) is 0.748. The van der Waals surface area contributed by atoms with Crippen molar-refractivity contribution in [2.24, 2.45) is 0 Å². The van der Waals surface area contributed by atoms with Crippen LogP contribution in [0.5, 0.6) is 5.75 Å². The van der Waals surface area contributed by atoms with E-state index < -0.39 is 0 Å². The van der Waals surface area contributed by atoms with E-state index in [0.717, 1.165) is 5.75 Å². The van der Waals surface area contributed by atoms with Crippen molar-refractivity contribution >= 4 is 20.9 Å². The molecule has 0 radical (unpaired) electrons. The van der Waals surface area contributed by atoms with Gasteiger partial charge >= 0.3 is 120 Å². The van der Waals surface area contributed by atoms with Gasteiger partial charge in [0.25, 0.3) is 0 Å². The van der Waals surface area contributed by atoms with Crippen LogP contribution in [-0.2, 0) is 8.94 Å². The van der Waals surface area contributed by atoms with Crippen molar-refractivity contribution in [3.63, 3.8) is 0 Å². The van der Waals surface area contributed by atoms with Gasteiger partial charge in [0.15, 0.2) is 0 Å². The molecule has 0 aliphatic rings. The summed E-state index contributed by atoms with van der Waals surface area (Å²) in [5.41, 5.74) is 4.26. The van der Waals surface area contributed by atoms with Gasteiger partial charge < -0.3 is 0 Å². The summed E-state index contributed by atoms with van der Waals surface area (Å²) in [5.74, 6) is 0.942. The minimum atomic E-state index is 0.0229. The van der Waals surface area contributed by atoms with Gasteiger partial charge in [-0.25, -0.2) is 0 Å². The first-order valence-corrected chi connectivity index (χ1v) is 9.34. The van der Waals surface area contributed by atoms with Crippen molar-refractivity contribution in [3.05, 3.63) is 65.2 Å². The second-order valence-corrected chi connectivity index (χ2v) is 7.14. The second-order valence-electron chi connectivity index (χ2n) is 4.33. The molecule has 0 fully saturated rings. The summed E-state index contributed by atoms with van der Waals surface area (Å²) in [7, 11) is 1.71. The molecule has 0 unspecified atom stereocenters. The molecule has 2 aromatic rings. The molecule has 2 heteroatoms. The second kappa shape index (κ2) is 6.83. The minimum absolute atomic E-state index is 0.0229. The van der Waals surface area contributed by atoms with E-state index in [1.807, 2.05) is 12.1 Å². The fourth-order valence-corrected chi connectivity index (χ4v) is 4.43. The topological polar surface area (TPSA) is 9.23 Å². The maximum absolute atomic E-state index is 5.16. The van der Waals surface area contributed by atoms with Gasteiger partial charge in [-0.2, -0.15) is 0 Å². The van der Waals surface area contributed by atoms with Crippen molar-refractivity contribution in [1.29, 1.82) is 0 Å². The van der Waals surface area contributed by atoms with Crippen LogP contribution < -0.4 is 4.74 Å². The summed E-state index contributed by atoms with van der Waals surface area (Å²) in [6.45, 7) is 2.14. The first kappa shape index (κ1) is 13.5. The van der Waals surface area contributed by atoms with E-state index in [1.54, 1.807) is 7.11 Å². The van der Waals surface area contributed by atoms with Gasteiger partial charge in [0.1, 0.15) is 0 Å². The molecule has 0 spiro atoms. The van der Waals surface area contributed by atoms with Crippen molar-refractivity contribution < 1.29 is 4.74 Å². The monoisotopic (exact) mass is 356 g/mol.